The predicted molar refractivity (Wildman–Crippen MR) is 77.7 cm³/mol. The third kappa shape index (κ3) is 3.68. The van der Waals surface area contributed by atoms with Crippen molar-refractivity contribution in [3.8, 4) is 11.1 Å². The van der Waals surface area contributed by atoms with Gasteiger partial charge in [-0.1, -0.05) is 59.8 Å². The van der Waals surface area contributed by atoms with Gasteiger partial charge in [-0.2, -0.15) is 0 Å². The third-order valence-corrected chi connectivity index (χ3v) is 2.80. The van der Waals surface area contributed by atoms with E-state index in [4.69, 9.17) is 9.94 Å². The molecular weight excluding hydrogens is 254 g/mol. The highest BCUT2D eigenvalue weighted by molar-refractivity contribution is 5.98. The second-order valence-electron chi connectivity index (χ2n) is 4.29. The van der Waals surface area contributed by atoms with Crippen LogP contribution in [0.1, 0.15) is 12.5 Å². The Labute approximate surface area is 117 Å². The summed E-state index contributed by atoms with van der Waals surface area (Å²) in [6.07, 6.45) is 0. The average Bonchev–Trinajstić information content (AvgIpc) is 2.48. The van der Waals surface area contributed by atoms with E-state index in [9.17, 15) is 4.79 Å². The van der Waals surface area contributed by atoms with Crippen LogP contribution in [-0.4, -0.2) is 23.4 Å². The Balaban J connectivity index is 2.10. The van der Waals surface area contributed by atoms with Crippen molar-refractivity contribution in [1.82, 2.24) is 0 Å². The summed E-state index contributed by atoms with van der Waals surface area (Å²) in [5, 5.41) is 12.2. The molecule has 2 aromatic rings. The molecule has 0 aromatic heterocycles. The fourth-order valence-electron chi connectivity index (χ4n) is 1.77. The fourth-order valence-corrected chi connectivity index (χ4v) is 1.77. The Morgan fingerprint density at radius 2 is 1.65 bits per heavy atom. The van der Waals surface area contributed by atoms with Crippen molar-refractivity contribution < 1.29 is 14.7 Å². The van der Waals surface area contributed by atoms with Crippen molar-refractivity contribution >= 4 is 11.7 Å². The highest BCUT2D eigenvalue weighted by Crippen LogP contribution is 2.19. The van der Waals surface area contributed by atoms with Gasteiger partial charge in [-0.25, -0.2) is 4.79 Å². The van der Waals surface area contributed by atoms with Crippen LogP contribution in [0, 0.1) is 0 Å². The van der Waals surface area contributed by atoms with Crippen molar-refractivity contribution in [2.45, 2.75) is 6.92 Å². The molecule has 0 saturated carbocycles. The molecule has 0 heterocycles. The SMILES string of the molecule is C/C(=N\OCC(=O)O)c1ccc(-c2ccccc2)cc1. The van der Waals surface area contributed by atoms with Crippen molar-refractivity contribution in [3.63, 3.8) is 0 Å². The minimum absolute atomic E-state index is 0.431. The number of rotatable bonds is 5. The van der Waals surface area contributed by atoms with Crippen LogP contribution in [0.4, 0.5) is 0 Å². The molecule has 0 aliphatic carbocycles. The van der Waals surface area contributed by atoms with E-state index in [1.54, 1.807) is 6.92 Å². The van der Waals surface area contributed by atoms with E-state index in [-0.39, 0.29) is 0 Å². The smallest absolute Gasteiger partial charge is 0.344 e. The maximum Gasteiger partial charge on any atom is 0.344 e. The van der Waals surface area contributed by atoms with E-state index < -0.39 is 12.6 Å². The van der Waals surface area contributed by atoms with Crippen LogP contribution in [0.25, 0.3) is 11.1 Å². The minimum atomic E-state index is -1.04. The zero-order valence-corrected chi connectivity index (χ0v) is 11.1. The maximum absolute atomic E-state index is 10.3. The number of carboxylic acids is 1. The second kappa shape index (κ2) is 6.52. The molecule has 0 saturated heterocycles. The van der Waals surface area contributed by atoms with Crippen molar-refractivity contribution in [3.05, 3.63) is 60.2 Å². The van der Waals surface area contributed by atoms with Gasteiger partial charge >= 0.3 is 5.97 Å². The first kappa shape index (κ1) is 13.8. The molecule has 0 fully saturated rings. The molecule has 0 radical (unpaired) electrons. The minimum Gasteiger partial charge on any atom is -0.479 e. The van der Waals surface area contributed by atoms with Crippen LogP contribution in [-0.2, 0) is 9.63 Å². The van der Waals surface area contributed by atoms with E-state index in [1.807, 2.05) is 54.6 Å². The molecule has 0 amide bonds. The predicted octanol–water partition coefficient (Wildman–Crippen LogP) is 3.18. The zero-order valence-electron chi connectivity index (χ0n) is 11.1. The van der Waals surface area contributed by atoms with Crippen LogP contribution < -0.4 is 0 Å². The first-order chi connectivity index (χ1) is 9.66. The van der Waals surface area contributed by atoms with Gasteiger partial charge in [-0.05, 0) is 23.6 Å². The Hall–Kier alpha value is -2.62. The van der Waals surface area contributed by atoms with E-state index in [0.29, 0.717) is 5.71 Å². The summed E-state index contributed by atoms with van der Waals surface area (Å²) in [5.74, 6) is -1.04. The standard InChI is InChI=1S/C16H15NO3/c1-12(17-20-11-16(18)19)13-7-9-15(10-8-13)14-5-3-2-4-6-14/h2-10H,11H2,1H3,(H,18,19)/b17-12+. The fraction of sp³-hybridized carbons (Fsp3) is 0.125. The van der Waals surface area contributed by atoms with Gasteiger partial charge in [0.15, 0.2) is 0 Å². The molecule has 2 aromatic carbocycles. The van der Waals surface area contributed by atoms with E-state index in [0.717, 1.165) is 16.7 Å². The molecule has 4 nitrogen and oxygen atoms in total. The van der Waals surface area contributed by atoms with Gasteiger partial charge in [0.05, 0.1) is 5.71 Å². The third-order valence-electron chi connectivity index (χ3n) is 2.80. The average molecular weight is 269 g/mol. The number of benzene rings is 2. The molecule has 0 unspecified atom stereocenters. The molecular formula is C16H15NO3. The van der Waals surface area contributed by atoms with E-state index in [1.165, 1.54) is 0 Å². The maximum atomic E-state index is 10.3. The Bertz CT molecular complexity index is 603. The summed E-state index contributed by atoms with van der Waals surface area (Å²) < 4.78 is 0. The summed E-state index contributed by atoms with van der Waals surface area (Å²) in [5.41, 5.74) is 3.81. The number of aliphatic carboxylic acids is 1. The van der Waals surface area contributed by atoms with Gasteiger partial charge in [0.2, 0.25) is 6.61 Å². The number of hydrogen-bond donors (Lipinski definition) is 1. The van der Waals surface area contributed by atoms with Gasteiger partial charge in [0, 0.05) is 0 Å². The van der Waals surface area contributed by atoms with Gasteiger partial charge < -0.3 is 9.94 Å². The lowest BCUT2D eigenvalue weighted by molar-refractivity contribution is -0.142. The lowest BCUT2D eigenvalue weighted by Crippen LogP contribution is -2.05. The van der Waals surface area contributed by atoms with Crippen molar-refractivity contribution in [2.24, 2.45) is 5.16 Å². The monoisotopic (exact) mass is 269 g/mol. The molecule has 0 aliphatic heterocycles. The Kier molecular flexibility index (Phi) is 4.50. The summed E-state index contributed by atoms with van der Waals surface area (Å²) >= 11 is 0. The number of nitrogens with zero attached hydrogens (tertiary/aromatic N) is 1. The van der Waals surface area contributed by atoms with E-state index >= 15 is 0 Å². The molecule has 0 aliphatic rings. The quantitative estimate of drug-likeness (QED) is 0.670. The summed E-state index contributed by atoms with van der Waals surface area (Å²) in [6.45, 7) is 1.35. The summed E-state index contributed by atoms with van der Waals surface area (Å²) in [6, 6.07) is 17.9. The Morgan fingerprint density at radius 3 is 2.25 bits per heavy atom. The van der Waals surface area contributed by atoms with Crippen molar-refractivity contribution in [2.75, 3.05) is 6.61 Å². The molecule has 0 atom stereocenters. The molecule has 4 heteroatoms. The first-order valence-corrected chi connectivity index (χ1v) is 6.21. The van der Waals surface area contributed by atoms with Crippen molar-refractivity contribution in [1.29, 1.82) is 0 Å². The number of hydrogen-bond acceptors (Lipinski definition) is 3. The van der Waals surface area contributed by atoms with Crippen LogP contribution in [0.2, 0.25) is 0 Å². The molecule has 0 spiro atoms. The summed E-state index contributed by atoms with van der Waals surface area (Å²) in [7, 11) is 0. The van der Waals surface area contributed by atoms with Crippen LogP contribution in [0.5, 0.6) is 0 Å². The molecule has 2 rings (SSSR count). The number of carbonyl (C=O) groups is 1. The molecule has 0 bridgehead atoms. The molecule has 20 heavy (non-hydrogen) atoms. The number of oxime groups is 1. The molecule has 102 valence electrons. The summed E-state index contributed by atoms with van der Waals surface area (Å²) in [4.78, 5) is 15.0. The van der Waals surface area contributed by atoms with Gasteiger partial charge in [-0.15, -0.1) is 0 Å². The van der Waals surface area contributed by atoms with Gasteiger partial charge in [0.25, 0.3) is 0 Å². The topological polar surface area (TPSA) is 58.9 Å². The highest BCUT2D eigenvalue weighted by Gasteiger charge is 2.01. The zero-order chi connectivity index (χ0) is 14.4. The van der Waals surface area contributed by atoms with Crippen LogP contribution in [0.3, 0.4) is 0 Å². The lowest BCUT2D eigenvalue weighted by Gasteiger charge is -2.04. The largest absolute Gasteiger partial charge is 0.479 e. The first-order valence-electron chi connectivity index (χ1n) is 6.21. The normalized spacial score (nSPS) is 11.2. The highest BCUT2D eigenvalue weighted by atomic mass is 16.6. The van der Waals surface area contributed by atoms with Crippen LogP contribution in [0.15, 0.2) is 59.8 Å². The molecule has 1 N–H and O–H groups in total. The Morgan fingerprint density at radius 1 is 1.05 bits per heavy atom. The second-order valence-corrected chi connectivity index (χ2v) is 4.29. The van der Waals surface area contributed by atoms with E-state index in [2.05, 4.69) is 5.16 Å². The van der Waals surface area contributed by atoms with Gasteiger partial charge in [-0.3, -0.25) is 0 Å². The lowest BCUT2D eigenvalue weighted by atomic mass is 10.0. The van der Waals surface area contributed by atoms with Crippen LogP contribution >= 0.6 is 0 Å². The van der Waals surface area contributed by atoms with Gasteiger partial charge in [0.1, 0.15) is 0 Å². The number of carboxylic acid groups (broad SMARTS) is 1.